The number of pyridine rings is 1. The Hall–Kier alpha value is -3.81. The number of nitrogens with one attached hydrogen (secondary N) is 1. The van der Waals surface area contributed by atoms with Crippen molar-refractivity contribution in [2.75, 3.05) is 11.9 Å². The van der Waals surface area contributed by atoms with E-state index in [2.05, 4.69) is 26.3 Å². The molecule has 3 aromatic heterocycles. The number of rotatable bonds is 7. The summed E-state index contributed by atoms with van der Waals surface area (Å²) in [5, 5.41) is 23.1. The molecule has 1 aromatic carbocycles. The Bertz CT molecular complexity index is 1540. The molecule has 0 saturated heterocycles. The van der Waals surface area contributed by atoms with Gasteiger partial charge in [0.2, 0.25) is 5.95 Å². The Labute approximate surface area is 204 Å². The van der Waals surface area contributed by atoms with Crippen molar-refractivity contribution in [3.05, 3.63) is 65.6 Å². The fourth-order valence-electron chi connectivity index (χ4n) is 3.71. The summed E-state index contributed by atoms with van der Waals surface area (Å²) in [6.45, 7) is 7.53. The fraction of sp³-hybridized carbons (Fsp3) is 0.280. The van der Waals surface area contributed by atoms with Crippen LogP contribution in [0.25, 0.3) is 22.3 Å². The van der Waals surface area contributed by atoms with Crippen LogP contribution in [0.5, 0.6) is 0 Å². The minimum Gasteiger partial charge on any atom is -0.394 e. The first kappa shape index (κ1) is 24.3. The molecule has 0 amide bonds. The van der Waals surface area contributed by atoms with Gasteiger partial charge in [-0.25, -0.2) is 27.3 Å². The molecule has 4 rings (SSSR count). The molecule has 0 spiro atoms. The van der Waals surface area contributed by atoms with Crippen LogP contribution in [-0.4, -0.2) is 45.1 Å². The highest BCUT2D eigenvalue weighted by molar-refractivity contribution is 7.90. The van der Waals surface area contributed by atoms with E-state index >= 15 is 0 Å². The van der Waals surface area contributed by atoms with Crippen LogP contribution in [0.15, 0.2) is 53.8 Å². The van der Waals surface area contributed by atoms with Crippen LogP contribution in [0.3, 0.4) is 0 Å². The third-order valence-corrected chi connectivity index (χ3v) is 7.47. The summed E-state index contributed by atoms with van der Waals surface area (Å²) in [6, 6.07) is 10.2. The molecule has 3 heterocycles. The minimum absolute atomic E-state index is 0.108. The van der Waals surface area contributed by atoms with Gasteiger partial charge >= 0.3 is 0 Å². The summed E-state index contributed by atoms with van der Waals surface area (Å²) in [6.07, 6.45) is 4.44. The first-order chi connectivity index (χ1) is 16.6. The van der Waals surface area contributed by atoms with Gasteiger partial charge in [-0.15, -0.1) is 0 Å². The van der Waals surface area contributed by atoms with Gasteiger partial charge in [0.25, 0.3) is 10.0 Å². The highest BCUT2D eigenvalue weighted by Crippen LogP contribution is 2.33. The highest BCUT2D eigenvalue weighted by Gasteiger charge is 2.25. The maximum absolute atomic E-state index is 13.6. The summed E-state index contributed by atoms with van der Waals surface area (Å²) in [5.41, 5.74) is 2.92. The van der Waals surface area contributed by atoms with Crippen molar-refractivity contribution in [2.24, 2.45) is 5.92 Å². The molecule has 0 saturated carbocycles. The van der Waals surface area contributed by atoms with Gasteiger partial charge in [0, 0.05) is 23.3 Å². The van der Waals surface area contributed by atoms with E-state index in [-0.39, 0.29) is 46.3 Å². The quantitative estimate of drug-likeness (QED) is 0.401. The topological polar surface area (TPSA) is 134 Å². The molecule has 180 valence electrons. The Morgan fingerprint density at radius 1 is 1.11 bits per heavy atom. The van der Waals surface area contributed by atoms with E-state index in [0.29, 0.717) is 10.9 Å². The molecule has 35 heavy (non-hydrogen) atoms. The lowest BCUT2D eigenvalue weighted by Gasteiger charge is -2.20. The Morgan fingerprint density at radius 3 is 2.46 bits per heavy atom. The number of nitriles is 1. The van der Waals surface area contributed by atoms with Crippen LogP contribution in [-0.2, 0) is 10.0 Å². The van der Waals surface area contributed by atoms with E-state index in [9.17, 15) is 18.8 Å². The molecule has 1 unspecified atom stereocenters. The van der Waals surface area contributed by atoms with Crippen LogP contribution in [0.4, 0.5) is 5.95 Å². The maximum Gasteiger partial charge on any atom is 0.269 e. The molecular formula is C25H26N6O3S. The lowest BCUT2D eigenvalue weighted by Crippen LogP contribution is -2.30. The molecule has 4 aromatic rings. The van der Waals surface area contributed by atoms with Crippen molar-refractivity contribution in [3.63, 3.8) is 0 Å². The van der Waals surface area contributed by atoms with E-state index in [0.717, 1.165) is 15.1 Å². The summed E-state index contributed by atoms with van der Waals surface area (Å²) in [5.74, 6) is 0.339. The zero-order chi connectivity index (χ0) is 25.3. The molecule has 0 bridgehead atoms. The molecule has 0 aliphatic carbocycles. The predicted octanol–water partition coefficient (Wildman–Crippen LogP) is 3.65. The van der Waals surface area contributed by atoms with E-state index in [1.54, 1.807) is 30.5 Å². The number of hydrogen-bond acceptors (Lipinski definition) is 8. The number of fused-ring (bicyclic) bond motifs is 1. The van der Waals surface area contributed by atoms with E-state index < -0.39 is 10.0 Å². The molecule has 0 aliphatic heterocycles. The molecule has 2 N–H and O–H groups in total. The normalized spacial score (nSPS) is 12.6. The van der Waals surface area contributed by atoms with Crippen molar-refractivity contribution in [1.82, 2.24) is 18.9 Å². The van der Waals surface area contributed by atoms with Gasteiger partial charge in [0.1, 0.15) is 6.07 Å². The molecule has 0 aliphatic rings. The van der Waals surface area contributed by atoms with Gasteiger partial charge in [-0.3, -0.25) is 0 Å². The Kier molecular flexibility index (Phi) is 6.56. The molecular weight excluding hydrogens is 464 g/mol. The molecule has 0 radical (unpaired) electrons. The first-order valence-electron chi connectivity index (χ1n) is 11.1. The second-order valence-corrected chi connectivity index (χ2v) is 10.6. The van der Waals surface area contributed by atoms with Gasteiger partial charge in [-0.2, -0.15) is 5.26 Å². The SMILES string of the molecule is Cc1ccc(S(=O)(=O)n2cc(-c3nc(NC(CO)C(C)C)ncc3C#N)c3cc(C)cnc32)cc1. The number of nitrogens with zero attached hydrogens (tertiary/aromatic N) is 5. The maximum atomic E-state index is 13.6. The predicted molar refractivity (Wildman–Crippen MR) is 133 cm³/mol. The minimum atomic E-state index is -3.97. The zero-order valence-corrected chi connectivity index (χ0v) is 20.7. The second kappa shape index (κ2) is 9.44. The largest absolute Gasteiger partial charge is 0.394 e. The summed E-state index contributed by atoms with van der Waals surface area (Å²) < 4.78 is 28.2. The van der Waals surface area contributed by atoms with Crippen molar-refractivity contribution in [2.45, 2.75) is 38.6 Å². The van der Waals surface area contributed by atoms with E-state index in [1.165, 1.54) is 12.4 Å². The molecule has 0 fully saturated rings. The summed E-state index contributed by atoms with van der Waals surface area (Å²) in [4.78, 5) is 13.3. The zero-order valence-electron chi connectivity index (χ0n) is 19.9. The van der Waals surface area contributed by atoms with Crippen LogP contribution in [0.1, 0.15) is 30.5 Å². The Morgan fingerprint density at radius 2 is 1.83 bits per heavy atom. The number of aliphatic hydroxyl groups is 1. The lowest BCUT2D eigenvalue weighted by atomic mass is 10.1. The van der Waals surface area contributed by atoms with Crippen molar-refractivity contribution >= 4 is 27.0 Å². The molecule has 10 heteroatoms. The second-order valence-electron chi connectivity index (χ2n) is 8.79. The monoisotopic (exact) mass is 490 g/mol. The van der Waals surface area contributed by atoms with Crippen molar-refractivity contribution < 1.29 is 13.5 Å². The van der Waals surface area contributed by atoms with Gasteiger partial charge in [0.15, 0.2) is 5.65 Å². The van der Waals surface area contributed by atoms with Gasteiger partial charge in [0.05, 0.1) is 35.0 Å². The van der Waals surface area contributed by atoms with Crippen LogP contribution in [0, 0.1) is 31.1 Å². The third-order valence-electron chi connectivity index (χ3n) is 5.81. The van der Waals surface area contributed by atoms with Crippen LogP contribution < -0.4 is 5.32 Å². The average molecular weight is 491 g/mol. The van der Waals surface area contributed by atoms with E-state index in [4.69, 9.17) is 0 Å². The van der Waals surface area contributed by atoms with E-state index in [1.807, 2.05) is 33.8 Å². The standard InChI is InChI=1S/C25H26N6O3S/c1-15(2)22(14-32)29-25-28-12-18(10-26)23(30-25)21-13-31(24-20(21)9-17(4)11-27-24)35(33,34)19-7-5-16(3)6-8-19/h5-9,11-13,15,22,32H,14H2,1-4H3,(H,28,29,30). The summed E-state index contributed by atoms with van der Waals surface area (Å²) >= 11 is 0. The number of aliphatic hydroxyl groups excluding tert-OH is 1. The number of hydrogen-bond donors (Lipinski definition) is 2. The number of aromatic nitrogens is 4. The highest BCUT2D eigenvalue weighted by atomic mass is 32.2. The number of benzene rings is 1. The fourth-order valence-corrected chi connectivity index (χ4v) is 5.03. The van der Waals surface area contributed by atoms with Crippen LogP contribution >= 0.6 is 0 Å². The van der Waals surface area contributed by atoms with Gasteiger partial charge < -0.3 is 10.4 Å². The number of aryl methyl sites for hydroxylation is 2. The molecule has 1 atom stereocenters. The Balaban J connectivity index is 1.94. The molecule has 9 nitrogen and oxygen atoms in total. The third kappa shape index (κ3) is 4.60. The average Bonchev–Trinajstić information content (AvgIpc) is 3.21. The van der Waals surface area contributed by atoms with Gasteiger partial charge in [-0.05, 0) is 43.5 Å². The van der Waals surface area contributed by atoms with Crippen molar-refractivity contribution in [3.8, 4) is 17.3 Å². The smallest absolute Gasteiger partial charge is 0.269 e. The summed E-state index contributed by atoms with van der Waals surface area (Å²) in [7, 11) is -3.97. The number of anilines is 1. The van der Waals surface area contributed by atoms with Gasteiger partial charge in [-0.1, -0.05) is 31.5 Å². The van der Waals surface area contributed by atoms with Crippen LogP contribution in [0.2, 0.25) is 0 Å². The van der Waals surface area contributed by atoms with Crippen molar-refractivity contribution in [1.29, 1.82) is 5.26 Å². The lowest BCUT2D eigenvalue weighted by molar-refractivity contribution is 0.248. The first-order valence-corrected chi connectivity index (χ1v) is 12.5.